The Morgan fingerprint density at radius 1 is 1.35 bits per heavy atom. The third-order valence-electron chi connectivity index (χ3n) is 4.10. The Balaban J connectivity index is 1.50. The molecule has 0 unspecified atom stereocenters. The predicted octanol–water partition coefficient (Wildman–Crippen LogP) is 3.35. The van der Waals surface area contributed by atoms with Crippen LogP contribution in [0.25, 0.3) is 6.08 Å². The Morgan fingerprint density at radius 2 is 2.08 bits per heavy atom. The van der Waals surface area contributed by atoms with E-state index in [0.29, 0.717) is 17.1 Å². The topological polar surface area (TPSA) is 54.5 Å². The van der Waals surface area contributed by atoms with Gasteiger partial charge in [-0.05, 0) is 30.7 Å². The Hall–Kier alpha value is -1.73. The zero-order chi connectivity index (χ0) is 18.4. The molecule has 1 amide bonds. The first kappa shape index (κ1) is 19.0. The van der Waals surface area contributed by atoms with E-state index in [4.69, 9.17) is 16.3 Å². The van der Waals surface area contributed by atoms with Crippen molar-refractivity contribution in [1.29, 1.82) is 0 Å². The van der Waals surface area contributed by atoms with Gasteiger partial charge in [-0.3, -0.25) is 9.69 Å². The number of rotatable bonds is 6. The van der Waals surface area contributed by atoms with Gasteiger partial charge >= 0.3 is 0 Å². The molecule has 0 aliphatic carbocycles. The molecule has 2 heterocycles. The third-order valence-corrected chi connectivity index (χ3v) is 5.25. The number of hydrogen-bond acceptors (Lipinski definition) is 5. The highest BCUT2D eigenvalue weighted by Gasteiger charge is 2.13. The highest BCUT2D eigenvalue weighted by molar-refractivity contribution is 7.09. The molecule has 5 nitrogen and oxygen atoms in total. The molecule has 0 spiro atoms. The van der Waals surface area contributed by atoms with Crippen LogP contribution in [0.3, 0.4) is 0 Å². The van der Waals surface area contributed by atoms with Crippen molar-refractivity contribution in [3.63, 3.8) is 0 Å². The minimum absolute atomic E-state index is 0.0927. The van der Waals surface area contributed by atoms with Crippen LogP contribution in [0.4, 0.5) is 0 Å². The number of ether oxygens (including phenoxy) is 1. The first-order valence-corrected chi connectivity index (χ1v) is 9.81. The zero-order valence-electron chi connectivity index (χ0n) is 14.7. The number of carbonyl (C=O) groups is 1. The summed E-state index contributed by atoms with van der Waals surface area (Å²) in [7, 11) is 0. The minimum Gasteiger partial charge on any atom is -0.379 e. The number of morpholine rings is 1. The van der Waals surface area contributed by atoms with E-state index in [1.165, 1.54) is 0 Å². The Labute approximate surface area is 162 Å². The summed E-state index contributed by atoms with van der Waals surface area (Å²) in [6.07, 6.45) is 1.84. The summed E-state index contributed by atoms with van der Waals surface area (Å²) >= 11 is 7.46. The lowest BCUT2D eigenvalue weighted by atomic mass is 10.1. The van der Waals surface area contributed by atoms with E-state index in [9.17, 15) is 4.79 Å². The van der Waals surface area contributed by atoms with Crippen LogP contribution in [0.15, 0.2) is 35.2 Å². The minimum atomic E-state index is -0.0927. The molecule has 7 heteroatoms. The van der Waals surface area contributed by atoms with Crippen molar-refractivity contribution in [1.82, 2.24) is 15.2 Å². The summed E-state index contributed by atoms with van der Waals surface area (Å²) in [5.41, 5.74) is 2.65. The van der Waals surface area contributed by atoms with Crippen LogP contribution in [-0.2, 0) is 22.6 Å². The second-order valence-corrected chi connectivity index (χ2v) is 7.56. The average Bonchev–Trinajstić information content (AvgIpc) is 3.09. The van der Waals surface area contributed by atoms with Gasteiger partial charge in [-0.1, -0.05) is 23.7 Å². The molecule has 1 aliphatic heterocycles. The molecular formula is C19H22ClN3O2S. The van der Waals surface area contributed by atoms with Crippen molar-refractivity contribution in [2.45, 2.75) is 20.0 Å². The molecule has 3 rings (SSSR count). The van der Waals surface area contributed by atoms with Crippen molar-refractivity contribution >= 4 is 34.9 Å². The van der Waals surface area contributed by atoms with Crippen LogP contribution in [-0.4, -0.2) is 42.1 Å². The number of nitrogens with zero attached hydrogens (tertiary/aromatic N) is 2. The van der Waals surface area contributed by atoms with Crippen LogP contribution in [0.1, 0.15) is 23.2 Å². The standard InChI is InChI=1S/C19H22ClN3O2S/c1-14(10-15-2-4-16(20)5-3-15)19(24)21-11-18-22-17(13-26-18)12-23-6-8-25-9-7-23/h2-5,10,13H,6-9,11-12H2,1H3,(H,21,24)/b14-10+. The first-order valence-electron chi connectivity index (χ1n) is 8.55. The molecule has 0 atom stereocenters. The van der Waals surface area contributed by atoms with Gasteiger partial charge in [0.2, 0.25) is 5.91 Å². The molecule has 26 heavy (non-hydrogen) atoms. The van der Waals surface area contributed by atoms with Crippen molar-refractivity contribution in [3.05, 3.63) is 56.5 Å². The number of benzene rings is 1. The van der Waals surface area contributed by atoms with E-state index >= 15 is 0 Å². The van der Waals surface area contributed by atoms with Gasteiger partial charge < -0.3 is 10.1 Å². The summed E-state index contributed by atoms with van der Waals surface area (Å²) in [6.45, 7) is 6.53. The maximum atomic E-state index is 12.3. The second-order valence-electron chi connectivity index (χ2n) is 6.18. The van der Waals surface area contributed by atoms with Crippen LogP contribution in [0.2, 0.25) is 5.02 Å². The van der Waals surface area contributed by atoms with Gasteiger partial charge in [-0.25, -0.2) is 4.98 Å². The second kappa shape index (κ2) is 9.28. The molecule has 1 aromatic heterocycles. The predicted molar refractivity (Wildman–Crippen MR) is 105 cm³/mol. The Bertz CT molecular complexity index is 767. The number of thiazole rings is 1. The van der Waals surface area contributed by atoms with Crippen molar-refractivity contribution in [3.8, 4) is 0 Å². The molecule has 0 bridgehead atoms. The lowest BCUT2D eigenvalue weighted by molar-refractivity contribution is -0.117. The summed E-state index contributed by atoms with van der Waals surface area (Å²) in [4.78, 5) is 19.2. The molecule has 1 fully saturated rings. The van der Waals surface area contributed by atoms with E-state index in [1.807, 2.05) is 30.3 Å². The number of carbonyl (C=O) groups excluding carboxylic acids is 1. The van der Waals surface area contributed by atoms with Crippen LogP contribution < -0.4 is 5.32 Å². The maximum Gasteiger partial charge on any atom is 0.247 e. The largest absolute Gasteiger partial charge is 0.379 e. The van der Waals surface area contributed by atoms with E-state index in [0.717, 1.165) is 49.1 Å². The number of aromatic nitrogens is 1. The van der Waals surface area contributed by atoms with Crippen LogP contribution >= 0.6 is 22.9 Å². The molecule has 0 radical (unpaired) electrons. The van der Waals surface area contributed by atoms with Crippen molar-refractivity contribution < 1.29 is 9.53 Å². The summed E-state index contributed by atoms with van der Waals surface area (Å²) in [5, 5.41) is 6.59. The molecule has 138 valence electrons. The van der Waals surface area contributed by atoms with Gasteiger partial charge in [-0.15, -0.1) is 11.3 Å². The highest BCUT2D eigenvalue weighted by atomic mass is 35.5. The van der Waals surface area contributed by atoms with Gasteiger partial charge in [0.1, 0.15) is 5.01 Å². The first-order chi connectivity index (χ1) is 12.6. The fourth-order valence-electron chi connectivity index (χ4n) is 2.66. The maximum absolute atomic E-state index is 12.3. The lowest BCUT2D eigenvalue weighted by Crippen LogP contribution is -2.35. The monoisotopic (exact) mass is 391 g/mol. The summed E-state index contributed by atoms with van der Waals surface area (Å²) < 4.78 is 5.36. The molecule has 2 aromatic rings. The average molecular weight is 392 g/mol. The van der Waals surface area contributed by atoms with Crippen LogP contribution in [0.5, 0.6) is 0 Å². The zero-order valence-corrected chi connectivity index (χ0v) is 16.3. The normalized spacial score (nSPS) is 15.8. The van der Waals surface area contributed by atoms with E-state index in [-0.39, 0.29) is 5.91 Å². The van der Waals surface area contributed by atoms with Gasteiger partial charge in [0, 0.05) is 35.6 Å². The number of nitrogens with one attached hydrogen (secondary N) is 1. The van der Waals surface area contributed by atoms with Crippen LogP contribution in [0, 0.1) is 0 Å². The number of halogens is 1. The summed E-state index contributed by atoms with van der Waals surface area (Å²) in [5.74, 6) is -0.0927. The fourth-order valence-corrected chi connectivity index (χ4v) is 3.51. The van der Waals surface area contributed by atoms with Gasteiger partial charge in [0.05, 0.1) is 25.5 Å². The van der Waals surface area contributed by atoms with E-state index in [2.05, 4.69) is 20.6 Å². The molecule has 1 saturated heterocycles. The Morgan fingerprint density at radius 3 is 2.81 bits per heavy atom. The molecule has 0 saturated carbocycles. The summed E-state index contributed by atoms with van der Waals surface area (Å²) in [6, 6.07) is 7.39. The highest BCUT2D eigenvalue weighted by Crippen LogP contribution is 2.14. The van der Waals surface area contributed by atoms with Gasteiger partial charge in [0.25, 0.3) is 0 Å². The molecule has 1 N–H and O–H groups in total. The number of amides is 1. The molecule has 1 aromatic carbocycles. The Kier molecular flexibility index (Phi) is 6.80. The lowest BCUT2D eigenvalue weighted by Gasteiger charge is -2.25. The SMILES string of the molecule is C/C(=C\c1ccc(Cl)cc1)C(=O)NCc1nc(CN2CCOCC2)cs1. The van der Waals surface area contributed by atoms with Crippen molar-refractivity contribution in [2.24, 2.45) is 0 Å². The smallest absolute Gasteiger partial charge is 0.247 e. The van der Waals surface area contributed by atoms with E-state index < -0.39 is 0 Å². The fraction of sp³-hybridized carbons (Fsp3) is 0.368. The quantitative estimate of drug-likeness (QED) is 0.767. The molecule has 1 aliphatic rings. The van der Waals surface area contributed by atoms with E-state index in [1.54, 1.807) is 18.3 Å². The molecular weight excluding hydrogens is 370 g/mol. The van der Waals surface area contributed by atoms with Gasteiger partial charge in [0.15, 0.2) is 0 Å². The number of hydrogen-bond donors (Lipinski definition) is 1. The van der Waals surface area contributed by atoms with Gasteiger partial charge in [-0.2, -0.15) is 0 Å². The van der Waals surface area contributed by atoms with Crippen molar-refractivity contribution in [2.75, 3.05) is 26.3 Å². The third kappa shape index (κ3) is 5.64.